The fraction of sp³-hybridized carbons (Fsp3) is 0.480. The molecule has 9 nitrogen and oxygen atoms in total. The SMILES string of the molecule is COc1nc(NC[C@H]2CCN(C3COC3)C[C@@H]2F)nn2cc(F)c(-c3cc(F)c4ncn(CCF)c4c3)c12. The molecule has 2 saturated heterocycles. The molecule has 1 aromatic carbocycles. The Morgan fingerprint density at radius 1 is 1.21 bits per heavy atom. The average molecular weight is 534 g/mol. The molecular formula is C25H27F4N7O2. The number of rotatable bonds is 8. The molecule has 2 aliphatic heterocycles. The van der Waals surface area contributed by atoms with Gasteiger partial charge >= 0.3 is 0 Å². The number of fused-ring (bicyclic) bond motifs is 2. The van der Waals surface area contributed by atoms with E-state index < -0.39 is 24.5 Å². The predicted molar refractivity (Wildman–Crippen MR) is 132 cm³/mol. The van der Waals surface area contributed by atoms with Crippen molar-refractivity contribution >= 4 is 22.5 Å². The van der Waals surface area contributed by atoms with Crippen LogP contribution in [0, 0.1) is 17.6 Å². The maximum atomic E-state index is 15.3. The first kappa shape index (κ1) is 24.9. The van der Waals surface area contributed by atoms with Crippen LogP contribution < -0.4 is 10.1 Å². The van der Waals surface area contributed by atoms with Gasteiger partial charge in [-0.25, -0.2) is 27.1 Å². The van der Waals surface area contributed by atoms with E-state index in [0.717, 1.165) is 12.7 Å². The van der Waals surface area contributed by atoms with Crippen molar-refractivity contribution in [3.8, 4) is 17.0 Å². The molecule has 13 heteroatoms. The Kier molecular flexibility index (Phi) is 6.56. The van der Waals surface area contributed by atoms with Crippen molar-refractivity contribution in [1.29, 1.82) is 0 Å². The van der Waals surface area contributed by atoms with Gasteiger partial charge in [0.15, 0.2) is 11.6 Å². The van der Waals surface area contributed by atoms with Gasteiger partial charge in [0.2, 0.25) is 11.8 Å². The summed E-state index contributed by atoms with van der Waals surface area (Å²) in [4.78, 5) is 10.5. The lowest BCUT2D eigenvalue weighted by molar-refractivity contribution is -0.0844. The van der Waals surface area contributed by atoms with E-state index >= 15 is 4.39 Å². The fourth-order valence-electron chi connectivity index (χ4n) is 5.24. The number of hydrogen-bond donors (Lipinski definition) is 1. The summed E-state index contributed by atoms with van der Waals surface area (Å²) >= 11 is 0. The van der Waals surface area contributed by atoms with Crippen molar-refractivity contribution in [3.05, 3.63) is 36.3 Å². The average Bonchev–Trinajstić information content (AvgIpc) is 3.42. The number of benzene rings is 1. The molecule has 0 spiro atoms. The molecule has 4 aromatic rings. The number of alkyl halides is 2. The first-order valence-electron chi connectivity index (χ1n) is 12.5. The van der Waals surface area contributed by atoms with E-state index in [4.69, 9.17) is 9.47 Å². The number of nitrogens with zero attached hydrogens (tertiary/aromatic N) is 6. The van der Waals surface area contributed by atoms with Crippen LogP contribution in [-0.4, -0.2) is 87.9 Å². The number of imidazole rings is 1. The van der Waals surface area contributed by atoms with Crippen molar-refractivity contribution in [2.45, 2.75) is 25.2 Å². The van der Waals surface area contributed by atoms with Crippen LogP contribution in [0.3, 0.4) is 0 Å². The van der Waals surface area contributed by atoms with Gasteiger partial charge in [-0.2, -0.15) is 4.98 Å². The Labute approximate surface area is 215 Å². The standard InChI is InChI=1S/C25H27F4N7O2/c1-37-24-23-21(15-6-17(27)22-20(7-15)35(5-3-26)13-31-22)19(29)10-36(23)33-25(32-24)30-8-14-2-4-34(9-18(14)28)16-11-38-12-16/h6-7,10,13-14,16,18H,2-5,8-9,11-12H2,1H3,(H,30,33)/t14-,18+/m1/s1. The van der Waals surface area contributed by atoms with Crippen molar-refractivity contribution in [2.24, 2.45) is 5.92 Å². The molecule has 2 fully saturated rings. The van der Waals surface area contributed by atoms with Crippen molar-refractivity contribution in [1.82, 2.24) is 29.0 Å². The molecule has 202 valence electrons. The Morgan fingerprint density at radius 2 is 2.05 bits per heavy atom. The molecule has 0 saturated carbocycles. The quantitative estimate of drug-likeness (QED) is 0.348. The van der Waals surface area contributed by atoms with Gasteiger partial charge in [0.05, 0.1) is 56.5 Å². The van der Waals surface area contributed by atoms with Gasteiger partial charge in [-0.15, -0.1) is 5.10 Å². The highest BCUT2D eigenvalue weighted by atomic mass is 19.1. The first-order valence-corrected chi connectivity index (χ1v) is 12.5. The normalized spacial score (nSPS) is 20.8. The first-order chi connectivity index (χ1) is 18.5. The van der Waals surface area contributed by atoms with Gasteiger partial charge in [0.1, 0.15) is 23.9 Å². The molecule has 38 heavy (non-hydrogen) atoms. The van der Waals surface area contributed by atoms with Gasteiger partial charge in [0, 0.05) is 19.0 Å². The Bertz CT molecular complexity index is 1470. The van der Waals surface area contributed by atoms with E-state index in [1.165, 1.54) is 28.6 Å². The summed E-state index contributed by atoms with van der Waals surface area (Å²) < 4.78 is 71.4. The Balaban J connectivity index is 1.28. The van der Waals surface area contributed by atoms with Crippen molar-refractivity contribution in [3.63, 3.8) is 0 Å². The maximum absolute atomic E-state index is 15.3. The maximum Gasteiger partial charge on any atom is 0.244 e. The molecule has 2 aliphatic rings. The summed E-state index contributed by atoms with van der Waals surface area (Å²) in [5.74, 6) is -1.33. The molecule has 0 amide bonds. The summed E-state index contributed by atoms with van der Waals surface area (Å²) in [5.41, 5.74) is 0.857. The van der Waals surface area contributed by atoms with Crippen LogP contribution in [0.1, 0.15) is 6.42 Å². The third-order valence-electron chi connectivity index (χ3n) is 7.41. The van der Waals surface area contributed by atoms with E-state index in [1.807, 2.05) is 0 Å². The van der Waals surface area contributed by atoms with E-state index in [-0.39, 0.29) is 46.5 Å². The topological polar surface area (TPSA) is 81.7 Å². The van der Waals surface area contributed by atoms with Gasteiger partial charge in [-0.3, -0.25) is 4.90 Å². The molecule has 1 N–H and O–H groups in total. The number of aromatic nitrogens is 5. The third-order valence-corrected chi connectivity index (χ3v) is 7.41. The number of likely N-dealkylation sites (tertiary alicyclic amines) is 1. The van der Waals surface area contributed by atoms with E-state index in [0.29, 0.717) is 44.3 Å². The second-order valence-electron chi connectivity index (χ2n) is 9.67. The second-order valence-corrected chi connectivity index (χ2v) is 9.67. The van der Waals surface area contributed by atoms with Crippen molar-refractivity contribution < 1.29 is 27.0 Å². The highest BCUT2D eigenvalue weighted by Gasteiger charge is 2.35. The Morgan fingerprint density at radius 3 is 2.76 bits per heavy atom. The number of nitrogens with one attached hydrogen (secondary N) is 1. The van der Waals surface area contributed by atoms with Gasteiger partial charge in [-0.1, -0.05) is 0 Å². The number of anilines is 1. The van der Waals surface area contributed by atoms with Crippen LogP contribution >= 0.6 is 0 Å². The zero-order valence-electron chi connectivity index (χ0n) is 20.7. The lowest BCUT2D eigenvalue weighted by atomic mass is 9.93. The van der Waals surface area contributed by atoms with Crippen LogP contribution in [0.15, 0.2) is 24.7 Å². The van der Waals surface area contributed by atoms with Gasteiger partial charge in [-0.05, 0) is 30.7 Å². The summed E-state index contributed by atoms with van der Waals surface area (Å²) in [7, 11) is 1.39. The summed E-state index contributed by atoms with van der Waals surface area (Å²) in [6.45, 7) is 2.11. The fourth-order valence-corrected chi connectivity index (χ4v) is 5.24. The number of ether oxygens (including phenoxy) is 2. The molecular weight excluding hydrogens is 506 g/mol. The van der Waals surface area contributed by atoms with Gasteiger partial charge in [0.25, 0.3) is 0 Å². The largest absolute Gasteiger partial charge is 0.479 e. The lowest BCUT2D eigenvalue weighted by Crippen LogP contribution is -2.55. The van der Waals surface area contributed by atoms with Gasteiger partial charge < -0.3 is 19.4 Å². The van der Waals surface area contributed by atoms with E-state index in [9.17, 15) is 13.2 Å². The monoisotopic (exact) mass is 533 g/mol. The zero-order valence-corrected chi connectivity index (χ0v) is 20.7. The second kappa shape index (κ2) is 10.0. The summed E-state index contributed by atoms with van der Waals surface area (Å²) in [5, 5.41) is 7.42. The Hall–Kier alpha value is -3.45. The molecule has 5 heterocycles. The number of hydrogen-bond acceptors (Lipinski definition) is 7. The lowest BCUT2D eigenvalue weighted by Gasteiger charge is -2.42. The molecule has 0 radical (unpaired) electrons. The number of piperidine rings is 1. The van der Waals surface area contributed by atoms with Crippen LogP contribution in [0.2, 0.25) is 0 Å². The minimum Gasteiger partial charge on any atom is -0.479 e. The molecule has 2 atom stereocenters. The minimum absolute atomic E-state index is 0.00634. The third kappa shape index (κ3) is 4.33. The predicted octanol–water partition coefficient (Wildman–Crippen LogP) is 3.47. The smallest absolute Gasteiger partial charge is 0.244 e. The number of methoxy groups -OCH3 is 1. The van der Waals surface area contributed by atoms with Crippen LogP contribution in [0.4, 0.5) is 23.5 Å². The van der Waals surface area contributed by atoms with Crippen molar-refractivity contribution in [2.75, 3.05) is 51.9 Å². The molecule has 3 aromatic heterocycles. The van der Waals surface area contributed by atoms with Crippen LogP contribution in [0.25, 0.3) is 27.7 Å². The van der Waals surface area contributed by atoms with E-state index in [2.05, 4.69) is 25.3 Å². The van der Waals surface area contributed by atoms with Crippen LogP contribution in [-0.2, 0) is 11.3 Å². The molecule has 0 bridgehead atoms. The molecule has 0 aliphatic carbocycles. The highest BCUT2D eigenvalue weighted by molar-refractivity contribution is 5.90. The zero-order chi connectivity index (χ0) is 26.4. The van der Waals surface area contributed by atoms with Crippen LogP contribution in [0.5, 0.6) is 5.88 Å². The highest BCUT2D eigenvalue weighted by Crippen LogP contribution is 2.36. The molecule has 0 unspecified atom stereocenters. The van der Waals surface area contributed by atoms with E-state index in [1.54, 1.807) is 6.07 Å². The number of aryl methyl sites for hydroxylation is 1. The summed E-state index contributed by atoms with van der Waals surface area (Å²) in [6, 6.07) is 3.02. The summed E-state index contributed by atoms with van der Waals surface area (Å²) in [6.07, 6.45) is 2.17. The minimum atomic E-state index is -1.01. The molecule has 6 rings (SSSR count). The number of halogens is 4.